The van der Waals surface area contributed by atoms with E-state index in [2.05, 4.69) is 191 Å². The predicted octanol–water partition coefficient (Wildman–Crippen LogP) is 23.4. The molecule has 0 fully saturated rings. The Balaban J connectivity index is 4.36. The highest BCUT2D eigenvalue weighted by Gasteiger charge is 2.19. The first-order valence-corrected chi connectivity index (χ1v) is 33.6. The monoisotopic (exact) mass is 1140 g/mol. The third-order valence-corrected chi connectivity index (χ3v) is 13.7. The van der Waals surface area contributed by atoms with Crippen LogP contribution in [0.25, 0.3) is 0 Å². The van der Waals surface area contributed by atoms with Crippen molar-refractivity contribution in [3.8, 4) is 0 Å². The van der Waals surface area contributed by atoms with Crippen LogP contribution in [0.4, 0.5) is 0 Å². The van der Waals surface area contributed by atoms with Crippen LogP contribution in [0.1, 0.15) is 278 Å². The van der Waals surface area contributed by atoms with Crippen molar-refractivity contribution in [2.45, 2.75) is 284 Å². The number of esters is 3. The van der Waals surface area contributed by atoms with Crippen LogP contribution >= 0.6 is 0 Å². The van der Waals surface area contributed by atoms with Gasteiger partial charge in [-0.25, -0.2) is 0 Å². The molecule has 1 atom stereocenters. The van der Waals surface area contributed by atoms with Crippen LogP contribution in [0.3, 0.4) is 0 Å². The molecule has 0 aromatic carbocycles. The molecule has 83 heavy (non-hydrogen) atoms. The van der Waals surface area contributed by atoms with Crippen molar-refractivity contribution >= 4 is 17.9 Å². The molecule has 0 heterocycles. The predicted molar refractivity (Wildman–Crippen MR) is 361 cm³/mol. The summed E-state index contributed by atoms with van der Waals surface area (Å²) in [6.45, 7) is 6.39. The molecular weight excluding hydrogens is 1020 g/mol. The number of carbonyl (C=O) groups is 3. The Kier molecular flexibility index (Phi) is 64.9. The molecule has 0 rings (SSSR count). The van der Waals surface area contributed by atoms with Gasteiger partial charge in [0.1, 0.15) is 13.2 Å². The SMILES string of the molecule is CC/C=C\C/C=C\C/C=C\C/C=C\C/C=C\C/C=C\C/C=C\C/C=C\C/C=C\C/C=C\CCCCCCC(=O)OCC(COC(=O)CCCCCCC/C=C\C/C=C\CCC)OC(=O)CCCCCCCCC/C=C\C/C=C\CCCCC. The van der Waals surface area contributed by atoms with Crippen LogP contribution in [0.15, 0.2) is 170 Å². The minimum absolute atomic E-state index is 0.103. The lowest BCUT2D eigenvalue weighted by Gasteiger charge is -2.18. The molecule has 466 valence electrons. The van der Waals surface area contributed by atoms with Gasteiger partial charge in [-0.15, -0.1) is 0 Å². The third-order valence-electron chi connectivity index (χ3n) is 13.7. The standard InChI is InChI=1S/C77H122O6/c1-4-7-10-13-16-19-22-25-27-29-30-31-32-33-34-35-36-37-38-39-40-41-42-43-44-45-46-48-49-52-55-58-61-64-67-70-76(79)82-73-74(72-81-75(78)69-66-63-60-57-54-51-24-21-18-15-12-9-6-3)83-77(80)71-68-65-62-59-56-53-50-47-28-26-23-20-17-14-11-8-5-2/h7,10,12,15-17,19-21,24-28,30-31,33-34,36-37,39-40,42-43,45-46,49,52,74H,4-6,8-9,11,13-14,18,22-23,29,32,35,38,41,44,47-48,50-51,53-73H2,1-3H3/b10-7-,15-12-,19-16-,20-17-,24-21-,27-25-,28-26-,31-30-,34-33-,37-36-,40-39-,43-42-,46-45-,52-49-. The number of hydrogen-bond acceptors (Lipinski definition) is 6. The van der Waals surface area contributed by atoms with E-state index in [0.29, 0.717) is 19.3 Å². The number of rotatable bonds is 59. The van der Waals surface area contributed by atoms with E-state index in [1.54, 1.807) is 0 Å². The average Bonchev–Trinajstić information content (AvgIpc) is 3.49. The van der Waals surface area contributed by atoms with Crippen LogP contribution in [-0.2, 0) is 28.6 Å². The van der Waals surface area contributed by atoms with Crippen LogP contribution in [0.2, 0.25) is 0 Å². The van der Waals surface area contributed by atoms with Crippen molar-refractivity contribution in [1.82, 2.24) is 0 Å². The van der Waals surface area contributed by atoms with Gasteiger partial charge in [0.25, 0.3) is 0 Å². The van der Waals surface area contributed by atoms with E-state index in [0.717, 1.165) is 180 Å². The second-order valence-electron chi connectivity index (χ2n) is 21.6. The summed E-state index contributed by atoms with van der Waals surface area (Å²) in [6, 6.07) is 0. The molecular formula is C77H122O6. The second kappa shape index (κ2) is 69.3. The first kappa shape index (κ1) is 77.8. The zero-order valence-electron chi connectivity index (χ0n) is 53.4. The summed E-state index contributed by atoms with van der Waals surface area (Å²) in [5.74, 6) is -0.953. The van der Waals surface area contributed by atoms with Crippen molar-refractivity contribution in [3.05, 3.63) is 170 Å². The van der Waals surface area contributed by atoms with Crippen molar-refractivity contribution in [2.75, 3.05) is 13.2 Å². The van der Waals surface area contributed by atoms with E-state index in [9.17, 15) is 14.4 Å². The zero-order valence-corrected chi connectivity index (χ0v) is 53.4. The maximum absolute atomic E-state index is 12.9. The Morgan fingerprint density at radius 2 is 0.494 bits per heavy atom. The molecule has 0 N–H and O–H groups in total. The van der Waals surface area contributed by atoms with Gasteiger partial charge in [0.2, 0.25) is 0 Å². The molecule has 6 heteroatoms. The van der Waals surface area contributed by atoms with Crippen molar-refractivity contribution in [3.63, 3.8) is 0 Å². The van der Waals surface area contributed by atoms with Gasteiger partial charge in [-0.1, -0.05) is 274 Å². The number of unbranched alkanes of at least 4 members (excludes halogenated alkanes) is 20. The Bertz CT molecular complexity index is 1890. The average molecular weight is 1140 g/mol. The van der Waals surface area contributed by atoms with Crippen molar-refractivity contribution in [1.29, 1.82) is 0 Å². The Morgan fingerprint density at radius 3 is 0.783 bits per heavy atom. The molecule has 0 spiro atoms. The number of hydrogen-bond donors (Lipinski definition) is 0. The minimum Gasteiger partial charge on any atom is -0.462 e. The first-order valence-electron chi connectivity index (χ1n) is 33.6. The fourth-order valence-electron chi connectivity index (χ4n) is 8.66. The van der Waals surface area contributed by atoms with E-state index in [1.165, 1.54) is 57.8 Å². The third kappa shape index (κ3) is 67.4. The maximum Gasteiger partial charge on any atom is 0.306 e. The second-order valence-corrected chi connectivity index (χ2v) is 21.6. The van der Waals surface area contributed by atoms with E-state index < -0.39 is 6.10 Å². The van der Waals surface area contributed by atoms with Gasteiger partial charge in [0.15, 0.2) is 6.10 Å². The summed E-state index contributed by atoms with van der Waals surface area (Å²) in [5, 5.41) is 0. The summed E-state index contributed by atoms with van der Waals surface area (Å²) in [7, 11) is 0. The van der Waals surface area contributed by atoms with Gasteiger partial charge in [-0.2, -0.15) is 0 Å². The fraction of sp³-hybridized carbons (Fsp3) is 0.597. The summed E-state index contributed by atoms with van der Waals surface area (Å²) in [5.41, 5.74) is 0. The summed E-state index contributed by atoms with van der Waals surface area (Å²) >= 11 is 0. The molecule has 0 radical (unpaired) electrons. The smallest absolute Gasteiger partial charge is 0.306 e. The fourth-order valence-corrected chi connectivity index (χ4v) is 8.66. The molecule has 0 aliphatic heterocycles. The molecule has 0 aromatic heterocycles. The van der Waals surface area contributed by atoms with Crippen molar-refractivity contribution in [2.24, 2.45) is 0 Å². The zero-order chi connectivity index (χ0) is 59.9. The molecule has 0 bridgehead atoms. The lowest BCUT2D eigenvalue weighted by molar-refractivity contribution is -0.167. The van der Waals surface area contributed by atoms with E-state index in [4.69, 9.17) is 14.2 Å². The van der Waals surface area contributed by atoms with Crippen LogP contribution in [0, 0.1) is 0 Å². The Hall–Kier alpha value is -5.23. The Morgan fingerprint density at radius 1 is 0.253 bits per heavy atom. The molecule has 1 unspecified atom stereocenters. The largest absolute Gasteiger partial charge is 0.462 e. The number of allylic oxidation sites excluding steroid dienone is 28. The minimum atomic E-state index is -0.808. The molecule has 0 aliphatic carbocycles. The van der Waals surface area contributed by atoms with Crippen LogP contribution in [0.5, 0.6) is 0 Å². The summed E-state index contributed by atoms with van der Waals surface area (Å²) in [4.78, 5) is 38.3. The highest BCUT2D eigenvalue weighted by molar-refractivity contribution is 5.71. The van der Waals surface area contributed by atoms with Gasteiger partial charge < -0.3 is 14.2 Å². The lowest BCUT2D eigenvalue weighted by Crippen LogP contribution is -2.30. The molecule has 0 aromatic rings. The molecule has 0 saturated carbocycles. The van der Waals surface area contributed by atoms with Gasteiger partial charge in [-0.05, 0) is 154 Å². The van der Waals surface area contributed by atoms with Gasteiger partial charge in [0.05, 0.1) is 0 Å². The number of carbonyl (C=O) groups excluding carboxylic acids is 3. The lowest BCUT2D eigenvalue weighted by atomic mass is 10.1. The summed E-state index contributed by atoms with van der Waals surface area (Å²) < 4.78 is 16.9. The highest BCUT2D eigenvalue weighted by Crippen LogP contribution is 2.14. The first-order chi connectivity index (χ1) is 41.0. The summed E-state index contributed by atoms with van der Waals surface area (Å²) in [6.07, 6.45) is 102. The van der Waals surface area contributed by atoms with Crippen LogP contribution < -0.4 is 0 Å². The van der Waals surface area contributed by atoms with Gasteiger partial charge >= 0.3 is 17.9 Å². The molecule has 0 saturated heterocycles. The molecule has 6 nitrogen and oxygen atoms in total. The maximum atomic E-state index is 12.9. The van der Waals surface area contributed by atoms with E-state index in [1.807, 2.05) is 0 Å². The van der Waals surface area contributed by atoms with Crippen LogP contribution in [-0.4, -0.2) is 37.2 Å². The van der Waals surface area contributed by atoms with E-state index >= 15 is 0 Å². The van der Waals surface area contributed by atoms with Gasteiger partial charge in [0, 0.05) is 19.3 Å². The molecule has 0 amide bonds. The Labute approximate surface area is 511 Å². The van der Waals surface area contributed by atoms with E-state index in [-0.39, 0.29) is 31.1 Å². The van der Waals surface area contributed by atoms with Gasteiger partial charge in [-0.3, -0.25) is 14.4 Å². The highest BCUT2D eigenvalue weighted by atomic mass is 16.6. The quantitative estimate of drug-likeness (QED) is 0.0261. The van der Waals surface area contributed by atoms with Crippen molar-refractivity contribution < 1.29 is 28.6 Å². The topological polar surface area (TPSA) is 78.9 Å². The number of ether oxygens (including phenoxy) is 3. The molecule has 0 aliphatic rings. The normalized spacial score (nSPS) is 13.2.